The van der Waals surface area contributed by atoms with Gasteiger partial charge in [-0.2, -0.15) is 4.31 Å². The fraction of sp³-hybridized carbons (Fsp3) is 0.500. The molecule has 0 unspecified atom stereocenters. The van der Waals surface area contributed by atoms with Crippen molar-refractivity contribution in [1.29, 1.82) is 0 Å². The van der Waals surface area contributed by atoms with Crippen LogP contribution in [0.4, 0.5) is 0 Å². The summed E-state index contributed by atoms with van der Waals surface area (Å²) in [5, 5.41) is 8.61. The van der Waals surface area contributed by atoms with Gasteiger partial charge in [-0.15, -0.1) is 0 Å². The minimum absolute atomic E-state index is 0.000742. The minimum atomic E-state index is -3.54. The van der Waals surface area contributed by atoms with Crippen molar-refractivity contribution >= 4 is 16.0 Å². The highest BCUT2D eigenvalue weighted by Gasteiger charge is 2.37. The highest BCUT2D eigenvalue weighted by atomic mass is 32.2. The summed E-state index contributed by atoms with van der Waals surface area (Å²) in [5.74, 6) is -1.46. The Balaban J connectivity index is 2.09. The quantitative estimate of drug-likeness (QED) is 0.802. The van der Waals surface area contributed by atoms with Crippen LogP contribution >= 0.6 is 0 Å². The van der Waals surface area contributed by atoms with E-state index in [1.807, 2.05) is 0 Å². The molecule has 1 aromatic rings. The maximum Gasteiger partial charge on any atom is 0.304 e. The van der Waals surface area contributed by atoms with Crippen LogP contribution in [-0.4, -0.2) is 40.6 Å². The van der Waals surface area contributed by atoms with Gasteiger partial charge in [0.25, 0.3) is 0 Å². The Morgan fingerprint density at radius 2 is 2.16 bits per heavy atom. The number of rotatable bonds is 7. The average molecular weight is 284 g/mol. The number of nitrogens with zero attached hydrogens (tertiary/aromatic N) is 2. The third-order valence-electron chi connectivity index (χ3n) is 2.93. The molecule has 0 aliphatic heterocycles. The molecule has 1 aliphatic carbocycles. The average Bonchev–Trinajstić information content (AvgIpc) is 3.19. The molecule has 6 nitrogen and oxygen atoms in total. The summed E-state index contributed by atoms with van der Waals surface area (Å²) in [7, 11) is -3.54. The largest absolute Gasteiger partial charge is 0.481 e. The second-order valence-electron chi connectivity index (χ2n) is 4.56. The van der Waals surface area contributed by atoms with Gasteiger partial charge in [-0.3, -0.25) is 9.78 Å². The van der Waals surface area contributed by atoms with Crippen LogP contribution in [0.5, 0.6) is 0 Å². The molecule has 1 heterocycles. The number of carboxylic acids is 1. The van der Waals surface area contributed by atoms with Crippen LogP contribution < -0.4 is 0 Å². The number of sulfonamides is 1. The Kier molecular flexibility index (Phi) is 4.16. The van der Waals surface area contributed by atoms with E-state index < -0.39 is 16.0 Å². The molecule has 1 aliphatic rings. The summed E-state index contributed by atoms with van der Waals surface area (Å²) in [6, 6.07) is 5.34. The van der Waals surface area contributed by atoms with Gasteiger partial charge in [0.1, 0.15) is 0 Å². The summed E-state index contributed by atoms with van der Waals surface area (Å²) in [6.07, 6.45) is 2.91. The predicted octanol–water partition coefficient (Wildman–Crippen LogP) is 0.850. The minimum Gasteiger partial charge on any atom is -0.481 e. The lowest BCUT2D eigenvalue weighted by atomic mass is 10.3. The highest BCUT2D eigenvalue weighted by molar-refractivity contribution is 7.89. The van der Waals surface area contributed by atoms with Crippen molar-refractivity contribution < 1.29 is 18.3 Å². The van der Waals surface area contributed by atoms with Crippen molar-refractivity contribution in [3.05, 3.63) is 30.1 Å². The van der Waals surface area contributed by atoms with Crippen LogP contribution in [0.2, 0.25) is 0 Å². The molecule has 0 amide bonds. The second-order valence-corrected chi connectivity index (χ2v) is 6.60. The molecule has 0 spiro atoms. The molecule has 1 N–H and O–H groups in total. The van der Waals surface area contributed by atoms with E-state index in [0.717, 1.165) is 12.8 Å². The normalized spacial score (nSPS) is 15.6. The molecule has 104 valence electrons. The Bertz CT molecular complexity index is 540. The van der Waals surface area contributed by atoms with Crippen molar-refractivity contribution in [3.8, 4) is 0 Å². The molecule has 19 heavy (non-hydrogen) atoms. The van der Waals surface area contributed by atoms with Crippen molar-refractivity contribution in [2.75, 3.05) is 5.75 Å². The van der Waals surface area contributed by atoms with Crippen LogP contribution in [-0.2, 0) is 21.4 Å². The molecule has 2 rings (SSSR count). The molecule has 1 fully saturated rings. The van der Waals surface area contributed by atoms with Gasteiger partial charge in [-0.25, -0.2) is 8.42 Å². The fourth-order valence-electron chi connectivity index (χ4n) is 1.80. The Morgan fingerprint density at radius 3 is 2.68 bits per heavy atom. The van der Waals surface area contributed by atoms with E-state index in [1.165, 1.54) is 4.31 Å². The first-order chi connectivity index (χ1) is 8.99. The first-order valence-corrected chi connectivity index (χ1v) is 7.71. The third-order valence-corrected chi connectivity index (χ3v) is 4.79. The number of pyridine rings is 1. The van der Waals surface area contributed by atoms with Crippen LogP contribution in [0, 0.1) is 0 Å². The summed E-state index contributed by atoms with van der Waals surface area (Å²) in [4.78, 5) is 14.6. The van der Waals surface area contributed by atoms with Gasteiger partial charge in [0, 0.05) is 12.2 Å². The lowest BCUT2D eigenvalue weighted by molar-refractivity contribution is -0.136. The number of aromatic nitrogens is 1. The number of hydrogen-bond acceptors (Lipinski definition) is 4. The SMILES string of the molecule is O=C(O)CCS(=O)(=O)N(Cc1ccccn1)C1CC1. The zero-order valence-electron chi connectivity index (χ0n) is 10.4. The first-order valence-electron chi connectivity index (χ1n) is 6.10. The smallest absolute Gasteiger partial charge is 0.304 e. The number of hydrogen-bond donors (Lipinski definition) is 1. The molecule has 0 saturated heterocycles. The summed E-state index contributed by atoms with van der Waals surface area (Å²) in [6.45, 7) is 0.216. The van der Waals surface area contributed by atoms with Gasteiger partial charge in [0.15, 0.2) is 0 Å². The van der Waals surface area contributed by atoms with Gasteiger partial charge in [0.2, 0.25) is 10.0 Å². The van der Waals surface area contributed by atoms with E-state index in [-0.39, 0.29) is 24.8 Å². The van der Waals surface area contributed by atoms with E-state index in [4.69, 9.17) is 5.11 Å². The second kappa shape index (κ2) is 5.66. The summed E-state index contributed by atoms with van der Waals surface area (Å²) >= 11 is 0. The van der Waals surface area contributed by atoms with Crippen LogP contribution in [0.15, 0.2) is 24.4 Å². The predicted molar refractivity (Wildman–Crippen MR) is 68.8 cm³/mol. The van der Waals surface area contributed by atoms with Crippen molar-refractivity contribution in [1.82, 2.24) is 9.29 Å². The highest BCUT2D eigenvalue weighted by Crippen LogP contribution is 2.30. The lowest BCUT2D eigenvalue weighted by Gasteiger charge is -2.21. The van der Waals surface area contributed by atoms with E-state index in [0.29, 0.717) is 5.69 Å². The Labute approximate surface area is 112 Å². The number of aliphatic carboxylic acids is 1. The van der Waals surface area contributed by atoms with Gasteiger partial charge in [-0.05, 0) is 25.0 Å². The molecule has 0 aromatic carbocycles. The van der Waals surface area contributed by atoms with E-state index >= 15 is 0 Å². The monoisotopic (exact) mass is 284 g/mol. The molecular formula is C12H16N2O4S. The van der Waals surface area contributed by atoms with Crippen LogP contribution in [0.25, 0.3) is 0 Å². The topological polar surface area (TPSA) is 87.6 Å². The zero-order valence-corrected chi connectivity index (χ0v) is 11.2. The fourth-order valence-corrected chi connectivity index (χ4v) is 3.46. The molecule has 1 aromatic heterocycles. The van der Waals surface area contributed by atoms with Gasteiger partial charge >= 0.3 is 5.97 Å². The van der Waals surface area contributed by atoms with E-state index in [1.54, 1.807) is 24.4 Å². The number of carbonyl (C=O) groups is 1. The molecule has 1 saturated carbocycles. The van der Waals surface area contributed by atoms with E-state index in [9.17, 15) is 13.2 Å². The summed E-state index contributed by atoms with van der Waals surface area (Å²) < 4.78 is 25.7. The van der Waals surface area contributed by atoms with Gasteiger partial charge < -0.3 is 5.11 Å². The third kappa shape index (κ3) is 4.00. The van der Waals surface area contributed by atoms with Crippen molar-refractivity contribution in [2.45, 2.75) is 31.8 Å². The zero-order chi connectivity index (χ0) is 13.9. The van der Waals surface area contributed by atoms with Gasteiger partial charge in [-0.1, -0.05) is 6.07 Å². The lowest BCUT2D eigenvalue weighted by Crippen LogP contribution is -2.35. The molecule has 7 heteroatoms. The van der Waals surface area contributed by atoms with Crippen molar-refractivity contribution in [3.63, 3.8) is 0 Å². The maximum atomic E-state index is 12.2. The molecule has 0 bridgehead atoms. The van der Waals surface area contributed by atoms with Crippen LogP contribution in [0.1, 0.15) is 25.0 Å². The molecule has 0 radical (unpaired) electrons. The van der Waals surface area contributed by atoms with Crippen LogP contribution in [0.3, 0.4) is 0 Å². The molecular weight excluding hydrogens is 268 g/mol. The first kappa shape index (κ1) is 14.0. The Morgan fingerprint density at radius 1 is 1.42 bits per heavy atom. The van der Waals surface area contributed by atoms with Crippen molar-refractivity contribution in [2.24, 2.45) is 0 Å². The maximum absolute atomic E-state index is 12.2. The Hall–Kier alpha value is -1.47. The standard InChI is InChI=1S/C12H16N2O4S/c15-12(16)6-8-19(17,18)14(11-4-5-11)9-10-3-1-2-7-13-10/h1-3,7,11H,4-6,8-9H2,(H,15,16). The summed E-state index contributed by atoms with van der Waals surface area (Å²) in [5.41, 5.74) is 0.674. The number of carboxylic acid groups (broad SMARTS) is 1. The van der Waals surface area contributed by atoms with E-state index in [2.05, 4.69) is 4.98 Å². The molecule has 0 atom stereocenters. The van der Waals surface area contributed by atoms with Gasteiger partial charge in [0.05, 0.1) is 24.4 Å².